The topological polar surface area (TPSA) is 123 Å². The molecule has 31 heavy (non-hydrogen) atoms. The Morgan fingerprint density at radius 3 is 2.32 bits per heavy atom. The van der Waals surface area contributed by atoms with Crippen molar-refractivity contribution < 1.29 is 14.7 Å². The van der Waals surface area contributed by atoms with Gasteiger partial charge in [-0.1, -0.05) is 23.7 Å². The van der Waals surface area contributed by atoms with Crippen molar-refractivity contribution in [2.45, 2.75) is 0 Å². The zero-order valence-electron chi connectivity index (χ0n) is 17.1. The van der Waals surface area contributed by atoms with Crippen molar-refractivity contribution in [3.8, 4) is 5.75 Å². The van der Waals surface area contributed by atoms with Crippen LogP contribution < -0.4 is 10.6 Å². The van der Waals surface area contributed by atoms with Gasteiger partial charge < -0.3 is 20.6 Å². The summed E-state index contributed by atoms with van der Waals surface area (Å²) < 4.78 is 1.37. The Hall–Kier alpha value is -3.85. The summed E-state index contributed by atoms with van der Waals surface area (Å²) in [7, 11) is 5.12. The third-order valence-corrected chi connectivity index (χ3v) is 4.73. The summed E-state index contributed by atoms with van der Waals surface area (Å²) in [4.78, 5) is 27.1. The van der Waals surface area contributed by atoms with Crippen LogP contribution in [0.5, 0.6) is 5.75 Å². The number of benzene rings is 2. The lowest BCUT2D eigenvalue weighted by molar-refractivity contribution is 0.102. The molecule has 0 spiro atoms. The Bertz CT molecular complexity index is 1150. The minimum Gasteiger partial charge on any atom is -0.506 e. The van der Waals surface area contributed by atoms with E-state index in [-0.39, 0.29) is 22.8 Å². The summed E-state index contributed by atoms with van der Waals surface area (Å²) in [6.07, 6.45) is 1.32. The number of phenolic OH excluding ortho intramolecular Hbond substituents is 1. The zero-order valence-corrected chi connectivity index (χ0v) is 17.9. The Labute approximate surface area is 183 Å². The summed E-state index contributed by atoms with van der Waals surface area (Å²) in [5.41, 5.74) is 1.33. The number of amidine groups is 1. The van der Waals surface area contributed by atoms with Crippen LogP contribution in [-0.2, 0) is 7.05 Å². The molecule has 0 saturated carbocycles. The zero-order chi connectivity index (χ0) is 22.7. The number of phenols is 1. The second-order valence-electron chi connectivity index (χ2n) is 6.92. The van der Waals surface area contributed by atoms with Gasteiger partial charge in [0, 0.05) is 43.4 Å². The Morgan fingerprint density at radius 2 is 1.71 bits per heavy atom. The monoisotopic (exact) mass is 440 g/mol. The van der Waals surface area contributed by atoms with Crippen molar-refractivity contribution in [1.29, 1.82) is 5.41 Å². The maximum Gasteiger partial charge on any atom is 0.261 e. The average Bonchev–Trinajstić information content (AvgIpc) is 3.09. The highest BCUT2D eigenvalue weighted by Crippen LogP contribution is 2.27. The fraction of sp³-hybridized carbons (Fsp3) is 0.143. The number of hydrogen-bond donors (Lipinski definition) is 4. The first-order valence-corrected chi connectivity index (χ1v) is 9.54. The molecular weight excluding hydrogens is 420 g/mol. The molecule has 2 aromatic carbocycles. The van der Waals surface area contributed by atoms with Crippen LogP contribution in [0.4, 0.5) is 11.5 Å². The lowest BCUT2D eigenvalue weighted by atomic mass is 10.1. The summed E-state index contributed by atoms with van der Waals surface area (Å²) in [6, 6.07) is 10.9. The fourth-order valence-corrected chi connectivity index (χ4v) is 2.94. The molecule has 9 nitrogen and oxygen atoms in total. The van der Waals surface area contributed by atoms with Crippen LogP contribution in [0.15, 0.2) is 48.7 Å². The first kappa shape index (κ1) is 21.8. The number of carbonyl (C=O) groups is 2. The van der Waals surface area contributed by atoms with E-state index in [4.69, 9.17) is 17.0 Å². The standard InChI is InChI=1S/C21H21ClN6O3/c1-27(2)18(23)12-4-6-13(7-5-12)20(30)26-19-15(11-24-28(19)3)21(31)25-16-9-8-14(22)10-17(16)29/h4-11,23,29H,1-3H3,(H,25,31)(H,26,30). The van der Waals surface area contributed by atoms with Gasteiger partial charge in [0.2, 0.25) is 0 Å². The molecule has 1 heterocycles. The molecule has 160 valence electrons. The highest BCUT2D eigenvalue weighted by atomic mass is 35.5. The van der Waals surface area contributed by atoms with E-state index in [1.54, 1.807) is 50.3 Å². The first-order chi connectivity index (χ1) is 14.7. The van der Waals surface area contributed by atoms with E-state index in [1.807, 2.05) is 0 Å². The van der Waals surface area contributed by atoms with Crippen LogP contribution in [0.3, 0.4) is 0 Å². The Balaban J connectivity index is 1.78. The minimum absolute atomic E-state index is 0.121. The van der Waals surface area contributed by atoms with Crippen LogP contribution >= 0.6 is 11.6 Å². The number of amides is 2. The molecule has 0 atom stereocenters. The maximum atomic E-state index is 12.7. The van der Waals surface area contributed by atoms with Gasteiger partial charge in [-0.3, -0.25) is 19.7 Å². The average molecular weight is 441 g/mol. The van der Waals surface area contributed by atoms with Crippen molar-refractivity contribution in [1.82, 2.24) is 14.7 Å². The quantitative estimate of drug-likeness (QED) is 0.275. The third kappa shape index (κ3) is 4.84. The Morgan fingerprint density at radius 1 is 1.06 bits per heavy atom. The molecule has 1 aromatic heterocycles. The molecule has 0 aliphatic rings. The van der Waals surface area contributed by atoms with E-state index in [2.05, 4.69) is 15.7 Å². The van der Waals surface area contributed by atoms with Crippen LogP contribution in [0.2, 0.25) is 5.02 Å². The molecule has 0 aliphatic carbocycles. The lowest BCUT2D eigenvalue weighted by Crippen LogP contribution is -2.22. The predicted molar refractivity (Wildman–Crippen MR) is 119 cm³/mol. The molecule has 0 fully saturated rings. The van der Waals surface area contributed by atoms with Crippen LogP contribution in [0.25, 0.3) is 0 Å². The predicted octanol–water partition coefficient (Wildman–Crippen LogP) is 3.17. The number of anilines is 2. The van der Waals surface area contributed by atoms with Gasteiger partial charge >= 0.3 is 0 Å². The normalized spacial score (nSPS) is 10.5. The van der Waals surface area contributed by atoms with E-state index < -0.39 is 11.8 Å². The maximum absolute atomic E-state index is 12.7. The summed E-state index contributed by atoms with van der Waals surface area (Å²) in [5.74, 6) is -0.659. The highest BCUT2D eigenvalue weighted by molar-refractivity contribution is 6.30. The molecule has 0 saturated heterocycles. The number of hydrogen-bond acceptors (Lipinski definition) is 5. The first-order valence-electron chi connectivity index (χ1n) is 9.17. The second-order valence-corrected chi connectivity index (χ2v) is 7.36. The SMILES string of the molecule is CN(C)C(=N)c1ccc(C(=O)Nc2c(C(=O)Nc3ccc(Cl)cc3O)cnn2C)cc1. The molecule has 3 rings (SSSR count). The van der Waals surface area contributed by atoms with Gasteiger partial charge in [-0.15, -0.1) is 0 Å². The van der Waals surface area contributed by atoms with E-state index in [0.29, 0.717) is 22.0 Å². The van der Waals surface area contributed by atoms with E-state index in [0.717, 1.165) is 0 Å². The number of nitrogens with zero attached hydrogens (tertiary/aromatic N) is 3. The lowest BCUT2D eigenvalue weighted by Gasteiger charge is -2.14. The number of rotatable bonds is 5. The second kappa shape index (κ2) is 8.88. The molecule has 0 bridgehead atoms. The number of aryl methyl sites for hydroxylation is 1. The molecule has 0 aliphatic heterocycles. The van der Waals surface area contributed by atoms with Gasteiger partial charge in [0.15, 0.2) is 0 Å². The van der Waals surface area contributed by atoms with Crippen LogP contribution in [-0.4, -0.2) is 51.5 Å². The molecule has 2 amide bonds. The van der Waals surface area contributed by atoms with E-state index >= 15 is 0 Å². The van der Waals surface area contributed by atoms with Crippen molar-refractivity contribution in [2.24, 2.45) is 7.05 Å². The number of carbonyl (C=O) groups excluding carboxylic acids is 2. The highest BCUT2D eigenvalue weighted by Gasteiger charge is 2.20. The van der Waals surface area contributed by atoms with Gasteiger partial charge in [-0.25, -0.2) is 0 Å². The van der Waals surface area contributed by atoms with E-state index in [1.165, 1.54) is 29.1 Å². The van der Waals surface area contributed by atoms with Gasteiger partial charge in [-0.2, -0.15) is 5.10 Å². The largest absolute Gasteiger partial charge is 0.506 e. The van der Waals surface area contributed by atoms with Crippen LogP contribution in [0.1, 0.15) is 26.3 Å². The number of halogens is 1. The molecule has 0 unspecified atom stereocenters. The van der Waals surface area contributed by atoms with E-state index in [9.17, 15) is 14.7 Å². The van der Waals surface area contributed by atoms with Gasteiger partial charge in [0.05, 0.1) is 11.9 Å². The van der Waals surface area contributed by atoms with Crippen molar-refractivity contribution in [2.75, 3.05) is 24.7 Å². The molecular formula is C21H21ClN6O3. The van der Waals surface area contributed by atoms with Crippen molar-refractivity contribution >= 4 is 40.8 Å². The molecule has 3 aromatic rings. The summed E-state index contributed by atoms with van der Waals surface area (Å²) in [6.45, 7) is 0. The van der Waals surface area contributed by atoms with Gasteiger partial charge in [-0.05, 0) is 24.3 Å². The minimum atomic E-state index is -0.559. The summed E-state index contributed by atoms with van der Waals surface area (Å²) >= 11 is 5.81. The summed E-state index contributed by atoms with van der Waals surface area (Å²) in [5, 5.41) is 27.6. The van der Waals surface area contributed by atoms with Crippen molar-refractivity contribution in [3.05, 3.63) is 70.4 Å². The number of nitrogens with one attached hydrogen (secondary N) is 3. The fourth-order valence-electron chi connectivity index (χ4n) is 2.77. The number of aromatic nitrogens is 2. The molecule has 4 N–H and O–H groups in total. The third-order valence-electron chi connectivity index (χ3n) is 4.49. The smallest absolute Gasteiger partial charge is 0.261 e. The Kier molecular flexibility index (Phi) is 6.26. The van der Waals surface area contributed by atoms with Gasteiger partial charge in [0.25, 0.3) is 11.8 Å². The number of aromatic hydroxyl groups is 1. The van der Waals surface area contributed by atoms with Crippen molar-refractivity contribution in [3.63, 3.8) is 0 Å². The molecule has 10 heteroatoms. The molecule has 0 radical (unpaired) electrons. The van der Waals surface area contributed by atoms with Gasteiger partial charge in [0.1, 0.15) is 23.0 Å². The van der Waals surface area contributed by atoms with Crippen LogP contribution in [0, 0.1) is 5.41 Å².